The predicted molar refractivity (Wildman–Crippen MR) is 84.7 cm³/mol. The van der Waals surface area contributed by atoms with Crippen molar-refractivity contribution in [3.63, 3.8) is 0 Å². The quantitative estimate of drug-likeness (QED) is 0.877. The first kappa shape index (κ1) is 14.6. The third-order valence-corrected chi connectivity index (χ3v) is 5.15. The number of rotatable bonds is 5. The zero-order valence-electron chi connectivity index (χ0n) is 12.4. The van der Waals surface area contributed by atoms with E-state index in [0.29, 0.717) is 22.3 Å². The summed E-state index contributed by atoms with van der Waals surface area (Å²) in [6.45, 7) is 3.52. The van der Waals surface area contributed by atoms with Crippen LogP contribution in [0.1, 0.15) is 43.0 Å². The van der Waals surface area contributed by atoms with Crippen LogP contribution in [-0.4, -0.2) is 24.0 Å². The lowest BCUT2D eigenvalue weighted by molar-refractivity contribution is 0.0941. The Labute approximate surface area is 130 Å². The molecule has 0 aromatic carbocycles. The molecule has 1 heterocycles. The fourth-order valence-electron chi connectivity index (χ4n) is 3.81. The number of hydrogen-bond donors (Lipinski definition) is 2. The number of nitrogens with zero attached hydrogens (tertiary/aromatic N) is 1. The fraction of sp³-hybridized carbons (Fsp3) is 0.625. The molecule has 21 heavy (non-hydrogen) atoms. The van der Waals surface area contributed by atoms with E-state index in [4.69, 9.17) is 11.6 Å². The molecule has 3 unspecified atom stereocenters. The smallest absolute Gasteiger partial charge is 0.252 e. The number of fused-ring (bicyclic) bond motifs is 2. The van der Waals surface area contributed by atoms with Crippen LogP contribution in [-0.2, 0) is 0 Å². The number of hydrogen-bond acceptors (Lipinski definition) is 3. The Morgan fingerprint density at radius 2 is 2.29 bits per heavy atom. The van der Waals surface area contributed by atoms with Crippen LogP contribution in [0.2, 0.25) is 5.02 Å². The molecule has 2 aliphatic carbocycles. The Morgan fingerprint density at radius 1 is 1.43 bits per heavy atom. The van der Waals surface area contributed by atoms with E-state index in [-0.39, 0.29) is 5.91 Å². The maximum Gasteiger partial charge on any atom is 0.252 e. The monoisotopic (exact) mass is 307 g/mol. The summed E-state index contributed by atoms with van der Waals surface area (Å²) in [7, 11) is 0. The number of aromatic nitrogens is 1. The third kappa shape index (κ3) is 3.15. The van der Waals surface area contributed by atoms with E-state index >= 15 is 0 Å². The normalized spacial score (nSPS) is 26.9. The molecule has 0 saturated heterocycles. The molecule has 0 aliphatic heterocycles. The SMILES string of the molecule is CCNc1ncc(C(=O)NCC2CC3CCC2C3)cc1Cl. The van der Waals surface area contributed by atoms with Crippen molar-refractivity contribution in [2.24, 2.45) is 17.8 Å². The number of halogens is 1. The minimum atomic E-state index is -0.0739. The van der Waals surface area contributed by atoms with Crippen molar-refractivity contribution in [2.45, 2.75) is 32.6 Å². The third-order valence-electron chi connectivity index (χ3n) is 4.86. The Bertz CT molecular complexity index is 534. The Balaban J connectivity index is 1.56. The molecule has 0 spiro atoms. The van der Waals surface area contributed by atoms with Gasteiger partial charge >= 0.3 is 0 Å². The van der Waals surface area contributed by atoms with Gasteiger partial charge in [0.1, 0.15) is 5.82 Å². The minimum Gasteiger partial charge on any atom is -0.369 e. The van der Waals surface area contributed by atoms with Gasteiger partial charge in [-0.05, 0) is 50.0 Å². The highest BCUT2D eigenvalue weighted by atomic mass is 35.5. The number of nitrogens with one attached hydrogen (secondary N) is 2. The summed E-state index contributed by atoms with van der Waals surface area (Å²) in [6.07, 6.45) is 6.96. The highest BCUT2D eigenvalue weighted by molar-refractivity contribution is 6.33. The summed E-state index contributed by atoms with van der Waals surface area (Å²) < 4.78 is 0. The molecule has 2 fully saturated rings. The second-order valence-electron chi connectivity index (χ2n) is 6.23. The van der Waals surface area contributed by atoms with E-state index < -0.39 is 0 Å². The highest BCUT2D eigenvalue weighted by Crippen LogP contribution is 2.47. The lowest BCUT2D eigenvalue weighted by Crippen LogP contribution is -2.31. The van der Waals surface area contributed by atoms with Crippen LogP contribution in [0.3, 0.4) is 0 Å². The van der Waals surface area contributed by atoms with Crippen molar-refractivity contribution >= 4 is 23.3 Å². The number of anilines is 1. The molecule has 2 bridgehead atoms. The van der Waals surface area contributed by atoms with E-state index in [9.17, 15) is 4.79 Å². The van der Waals surface area contributed by atoms with E-state index in [1.807, 2.05) is 6.92 Å². The van der Waals surface area contributed by atoms with Crippen LogP contribution >= 0.6 is 11.6 Å². The highest BCUT2D eigenvalue weighted by Gasteiger charge is 2.39. The van der Waals surface area contributed by atoms with Crippen LogP contribution in [0.5, 0.6) is 0 Å². The molecule has 3 rings (SSSR count). The number of pyridine rings is 1. The molecular weight excluding hydrogens is 286 g/mol. The Hall–Kier alpha value is -1.29. The molecule has 1 amide bonds. The molecular formula is C16H22ClN3O. The first-order valence-corrected chi connectivity index (χ1v) is 8.22. The average Bonchev–Trinajstić information content (AvgIpc) is 3.09. The first-order chi connectivity index (χ1) is 10.2. The topological polar surface area (TPSA) is 54.0 Å². The largest absolute Gasteiger partial charge is 0.369 e. The molecule has 2 saturated carbocycles. The number of carbonyl (C=O) groups excluding carboxylic acids is 1. The second-order valence-corrected chi connectivity index (χ2v) is 6.64. The van der Waals surface area contributed by atoms with Crippen molar-refractivity contribution in [2.75, 3.05) is 18.4 Å². The van der Waals surface area contributed by atoms with E-state index in [1.54, 1.807) is 12.3 Å². The molecule has 5 heteroatoms. The summed E-state index contributed by atoms with van der Waals surface area (Å²) in [6, 6.07) is 1.68. The molecule has 2 N–H and O–H groups in total. The maximum absolute atomic E-state index is 12.2. The van der Waals surface area contributed by atoms with Gasteiger partial charge in [-0.1, -0.05) is 18.0 Å². The van der Waals surface area contributed by atoms with Gasteiger partial charge in [-0.25, -0.2) is 4.98 Å². The second kappa shape index (κ2) is 6.22. The van der Waals surface area contributed by atoms with Crippen molar-refractivity contribution in [3.05, 3.63) is 22.8 Å². The molecule has 4 nitrogen and oxygen atoms in total. The summed E-state index contributed by atoms with van der Waals surface area (Å²) in [5.74, 6) is 2.96. The van der Waals surface area contributed by atoms with Gasteiger partial charge in [-0.2, -0.15) is 0 Å². The summed E-state index contributed by atoms with van der Waals surface area (Å²) in [4.78, 5) is 16.4. The molecule has 0 radical (unpaired) electrons. The Morgan fingerprint density at radius 3 is 2.90 bits per heavy atom. The van der Waals surface area contributed by atoms with E-state index in [0.717, 1.165) is 24.9 Å². The molecule has 1 aromatic heterocycles. The zero-order chi connectivity index (χ0) is 14.8. The van der Waals surface area contributed by atoms with Crippen molar-refractivity contribution < 1.29 is 4.79 Å². The maximum atomic E-state index is 12.2. The number of amides is 1. The van der Waals surface area contributed by atoms with Crippen molar-refractivity contribution in [1.82, 2.24) is 10.3 Å². The summed E-state index contributed by atoms with van der Waals surface area (Å²) in [5, 5.41) is 6.60. The lowest BCUT2D eigenvalue weighted by atomic mass is 9.89. The average molecular weight is 308 g/mol. The van der Waals surface area contributed by atoms with E-state index in [1.165, 1.54) is 25.7 Å². The van der Waals surface area contributed by atoms with E-state index in [2.05, 4.69) is 15.6 Å². The van der Waals surface area contributed by atoms with Crippen LogP contribution in [0.25, 0.3) is 0 Å². The molecule has 3 atom stereocenters. The van der Waals surface area contributed by atoms with Gasteiger partial charge in [0.2, 0.25) is 0 Å². The van der Waals surface area contributed by atoms with Crippen molar-refractivity contribution in [3.8, 4) is 0 Å². The summed E-state index contributed by atoms with van der Waals surface area (Å²) in [5.41, 5.74) is 0.532. The van der Waals surface area contributed by atoms with Gasteiger partial charge in [-0.15, -0.1) is 0 Å². The van der Waals surface area contributed by atoms with Crippen LogP contribution < -0.4 is 10.6 Å². The van der Waals surface area contributed by atoms with Gasteiger partial charge in [-0.3, -0.25) is 4.79 Å². The predicted octanol–water partition coefficient (Wildman–Crippen LogP) is 3.33. The standard InChI is InChI=1S/C16H22ClN3O/c1-2-18-15-14(17)7-13(9-19-15)16(21)20-8-12-6-10-3-4-11(12)5-10/h7,9-12H,2-6,8H2,1H3,(H,18,19)(H,20,21). The van der Waals surface area contributed by atoms with Crippen LogP contribution in [0, 0.1) is 17.8 Å². The van der Waals surface area contributed by atoms with Crippen molar-refractivity contribution in [1.29, 1.82) is 0 Å². The van der Waals surface area contributed by atoms with Gasteiger partial charge < -0.3 is 10.6 Å². The zero-order valence-corrected chi connectivity index (χ0v) is 13.1. The number of carbonyl (C=O) groups is 1. The van der Waals surface area contributed by atoms with Gasteiger partial charge in [0.25, 0.3) is 5.91 Å². The van der Waals surface area contributed by atoms with Gasteiger partial charge in [0.15, 0.2) is 0 Å². The summed E-state index contributed by atoms with van der Waals surface area (Å²) >= 11 is 6.13. The van der Waals surface area contributed by atoms with Crippen LogP contribution in [0.15, 0.2) is 12.3 Å². The Kier molecular flexibility index (Phi) is 4.34. The van der Waals surface area contributed by atoms with Crippen LogP contribution in [0.4, 0.5) is 5.82 Å². The molecule has 1 aromatic rings. The first-order valence-electron chi connectivity index (χ1n) is 7.85. The molecule has 114 valence electrons. The fourth-order valence-corrected chi connectivity index (χ4v) is 4.05. The van der Waals surface area contributed by atoms with Gasteiger partial charge in [0, 0.05) is 19.3 Å². The molecule has 2 aliphatic rings. The lowest BCUT2D eigenvalue weighted by Gasteiger charge is -2.21. The van der Waals surface area contributed by atoms with Gasteiger partial charge in [0.05, 0.1) is 10.6 Å². The minimum absolute atomic E-state index is 0.0739.